The van der Waals surface area contributed by atoms with Gasteiger partial charge in [0.25, 0.3) is 0 Å². The van der Waals surface area contributed by atoms with Crippen LogP contribution in [-0.4, -0.2) is 73.8 Å². The number of rotatable bonds is 7. The fourth-order valence-corrected chi connectivity index (χ4v) is 4.70. The molecule has 6 heteroatoms. The van der Waals surface area contributed by atoms with Crippen molar-refractivity contribution in [2.24, 2.45) is 4.99 Å². The standard InChI is InChI=1S/C23H39N5O/c1-5-28-12-8-11-22(28)14-26-23(24-4)25-13-20-9-6-7-10-21(20)17-27-15-18(2)29-19(3)16-27/h6-7,9-10,18-19,22H,5,8,11-17H2,1-4H3,(H2,24,25,26). The molecule has 0 bridgehead atoms. The van der Waals surface area contributed by atoms with Gasteiger partial charge in [0.1, 0.15) is 0 Å². The lowest BCUT2D eigenvalue weighted by Crippen LogP contribution is -2.45. The highest BCUT2D eigenvalue weighted by molar-refractivity contribution is 5.79. The van der Waals surface area contributed by atoms with Gasteiger partial charge in [-0.1, -0.05) is 31.2 Å². The fourth-order valence-electron chi connectivity index (χ4n) is 4.70. The van der Waals surface area contributed by atoms with E-state index < -0.39 is 0 Å². The maximum atomic E-state index is 5.88. The molecule has 0 amide bonds. The Kier molecular flexibility index (Phi) is 8.33. The zero-order valence-corrected chi connectivity index (χ0v) is 18.7. The average molecular weight is 402 g/mol. The maximum Gasteiger partial charge on any atom is 0.191 e. The van der Waals surface area contributed by atoms with E-state index in [1.165, 1.54) is 30.5 Å². The Morgan fingerprint density at radius 1 is 1.14 bits per heavy atom. The molecule has 0 aromatic heterocycles. The summed E-state index contributed by atoms with van der Waals surface area (Å²) in [5.74, 6) is 0.886. The van der Waals surface area contributed by atoms with Crippen LogP contribution in [0.5, 0.6) is 0 Å². The summed E-state index contributed by atoms with van der Waals surface area (Å²) in [6.07, 6.45) is 3.17. The zero-order chi connectivity index (χ0) is 20.6. The summed E-state index contributed by atoms with van der Waals surface area (Å²) in [5.41, 5.74) is 2.71. The van der Waals surface area contributed by atoms with Gasteiger partial charge >= 0.3 is 0 Å². The number of nitrogens with zero attached hydrogens (tertiary/aromatic N) is 3. The second-order valence-corrected chi connectivity index (χ2v) is 8.45. The van der Waals surface area contributed by atoms with Crippen LogP contribution in [0, 0.1) is 0 Å². The van der Waals surface area contributed by atoms with Crippen molar-refractivity contribution in [2.45, 2.75) is 65.0 Å². The normalized spacial score (nSPS) is 26.6. The Labute approximate surface area is 176 Å². The predicted molar refractivity (Wildman–Crippen MR) is 120 cm³/mol. The van der Waals surface area contributed by atoms with Crippen molar-refractivity contribution in [1.82, 2.24) is 20.4 Å². The van der Waals surface area contributed by atoms with Crippen molar-refractivity contribution < 1.29 is 4.74 Å². The minimum absolute atomic E-state index is 0.297. The molecule has 6 nitrogen and oxygen atoms in total. The first-order chi connectivity index (χ1) is 14.1. The van der Waals surface area contributed by atoms with Crippen LogP contribution in [-0.2, 0) is 17.8 Å². The van der Waals surface area contributed by atoms with Crippen molar-refractivity contribution in [1.29, 1.82) is 0 Å². The van der Waals surface area contributed by atoms with E-state index in [0.717, 1.165) is 45.2 Å². The minimum atomic E-state index is 0.297. The van der Waals surface area contributed by atoms with Crippen LogP contribution in [0.3, 0.4) is 0 Å². The van der Waals surface area contributed by atoms with E-state index in [4.69, 9.17) is 4.74 Å². The highest BCUT2D eigenvalue weighted by Gasteiger charge is 2.24. The quantitative estimate of drug-likeness (QED) is 0.543. The van der Waals surface area contributed by atoms with E-state index in [-0.39, 0.29) is 0 Å². The van der Waals surface area contributed by atoms with Gasteiger partial charge < -0.3 is 15.4 Å². The molecule has 0 spiro atoms. The molecule has 1 aromatic carbocycles. The van der Waals surface area contributed by atoms with E-state index in [9.17, 15) is 0 Å². The third kappa shape index (κ3) is 6.43. The van der Waals surface area contributed by atoms with Gasteiger partial charge in [-0.2, -0.15) is 0 Å². The summed E-state index contributed by atoms with van der Waals surface area (Å²) in [6, 6.07) is 9.35. The fraction of sp³-hybridized carbons (Fsp3) is 0.696. The lowest BCUT2D eigenvalue weighted by atomic mass is 10.1. The van der Waals surface area contributed by atoms with Crippen molar-refractivity contribution in [3.8, 4) is 0 Å². The molecular weight excluding hydrogens is 362 g/mol. The van der Waals surface area contributed by atoms with Crippen LogP contribution in [0.1, 0.15) is 44.7 Å². The lowest BCUT2D eigenvalue weighted by molar-refractivity contribution is -0.0705. The number of guanidine groups is 1. The highest BCUT2D eigenvalue weighted by atomic mass is 16.5. The molecule has 3 rings (SSSR count). The molecule has 2 fully saturated rings. The molecule has 2 saturated heterocycles. The molecule has 0 saturated carbocycles. The summed E-state index contributed by atoms with van der Waals surface area (Å²) in [6.45, 7) is 13.6. The predicted octanol–water partition coefficient (Wildman–Crippen LogP) is 2.45. The van der Waals surface area contributed by atoms with Crippen molar-refractivity contribution in [3.63, 3.8) is 0 Å². The van der Waals surface area contributed by atoms with Gasteiger partial charge in [-0.25, -0.2) is 0 Å². The molecule has 1 aromatic rings. The Morgan fingerprint density at radius 3 is 2.55 bits per heavy atom. The monoisotopic (exact) mass is 401 g/mol. The molecule has 29 heavy (non-hydrogen) atoms. The first-order valence-corrected chi connectivity index (χ1v) is 11.2. The average Bonchev–Trinajstić information content (AvgIpc) is 3.16. The van der Waals surface area contributed by atoms with Crippen molar-refractivity contribution in [3.05, 3.63) is 35.4 Å². The number of likely N-dealkylation sites (N-methyl/N-ethyl adjacent to an activating group) is 1. The Bertz CT molecular complexity index is 654. The van der Waals surface area contributed by atoms with Crippen LogP contribution >= 0.6 is 0 Å². The van der Waals surface area contributed by atoms with Crippen LogP contribution in [0.25, 0.3) is 0 Å². The number of nitrogens with one attached hydrogen (secondary N) is 2. The summed E-state index contributed by atoms with van der Waals surface area (Å²) in [7, 11) is 1.85. The number of likely N-dealkylation sites (tertiary alicyclic amines) is 1. The summed E-state index contributed by atoms with van der Waals surface area (Å²) in [5, 5.41) is 7.04. The number of hydrogen-bond donors (Lipinski definition) is 2. The first kappa shape index (κ1) is 22.1. The number of aliphatic imine (C=N–C) groups is 1. The zero-order valence-electron chi connectivity index (χ0n) is 18.7. The third-order valence-electron chi connectivity index (χ3n) is 6.09. The van der Waals surface area contributed by atoms with Gasteiger partial charge in [-0.05, 0) is 50.9 Å². The molecule has 2 heterocycles. The molecule has 2 N–H and O–H groups in total. The van der Waals surface area contributed by atoms with Crippen LogP contribution in [0.15, 0.2) is 29.3 Å². The van der Waals surface area contributed by atoms with Gasteiger partial charge in [0.2, 0.25) is 0 Å². The van der Waals surface area contributed by atoms with Gasteiger partial charge in [0.15, 0.2) is 5.96 Å². The third-order valence-corrected chi connectivity index (χ3v) is 6.09. The van der Waals surface area contributed by atoms with Gasteiger partial charge in [-0.3, -0.25) is 14.8 Å². The number of hydrogen-bond acceptors (Lipinski definition) is 4. The smallest absolute Gasteiger partial charge is 0.191 e. The van der Waals surface area contributed by atoms with E-state index >= 15 is 0 Å². The van der Waals surface area contributed by atoms with E-state index in [1.54, 1.807) is 0 Å². The molecule has 3 atom stereocenters. The topological polar surface area (TPSA) is 52.1 Å². The number of morpholine rings is 1. The molecule has 0 aliphatic carbocycles. The molecule has 2 aliphatic heterocycles. The van der Waals surface area contributed by atoms with Crippen molar-refractivity contribution in [2.75, 3.05) is 39.8 Å². The van der Waals surface area contributed by atoms with Crippen molar-refractivity contribution >= 4 is 5.96 Å². The van der Waals surface area contributed by atoms with Gasteiger partial charge in [0.05, 0.1) is 12.2 Å². The number of ether oxygens (including phenoxy) is 1. The van der Waals surface area contributed by atoms with Gasteiger partial charge in [-0.15, -0.1) is 0 Å². The van der Waals surface area contributed by atoms with E-state index in [2.05, 4.69) is 70.5 Å². The van der Waals surface area contributed by atoms with Crippen LogP contribution < -0.4 is 10.6 Å². The second kappa shape index (κ2) is 11.0. The molecule has 162 valence electrons. The minimum Gasteiger partial charge on any atom is -0.373 e. The summed E-state index contributed by atoms with van der Waals surface area (Å²) >= 11 is 0. The Morgan fingerprint density at radius 2 is 1.86 bits per heavy atom. The molecular formula is C23H39N5O. The molecule has 2 aliphatic rings. The SMILES string of the molecule is CCN1CCCC1CNC(=NC)NCc1ccccc1CN1CC(C)OC(C)C1. The Balaban J connectivity index is 1.53. The maximum absolute atomic E-state index is 5.88. The first-order valence-electron chi connectivity index (χ1n) is 11.2. The number of benzene rings is 1. The largest absolute Gasteiger partial charge is 0.373 e. The summed E-state index contributed by atoms with van der Waals surface area (Å²) in [4.78, 5) is 9.49. The highest BCUT2D eigenvalue weighted by Crippen LogP contribution is 2.17. The lowest BCUT2D eigenvalue weighted by Gasteiger charge is -2.35. The van der Waals surface area contributed by atoms with Crippen LogP contribution in [0.2, 0.25) is 0 Å². The molecule has 0 radical (unpaired) electrons. The summed E-state index contributed by atoms with van der Waals surface area (Å²) < 4.78 is 5.88. The van der Waals surface area contributed by atoms with Crippen LogP contribution in [0.4, 0.5) is 0 Å². The van der Waals surface area contributed by atoms with E-state index in [1.807, 2.05) is 7.05 Å². The Hall–Kier alpha value is -1.63. The van der Waals surface area contributed by atoms with Gasteiger partial charge in [0, 0.05) is 45.8 Å². The second-order valence-electron chi connectivity index (χ2n) is 8.45. The van der Waals surface area contributed by atoms with E-state index in [0.29, 0.717) is 18.2 Å². The molecule has 3 unspecified atom stereocenters.